The van der Waals surface area contributed by atoms with Crippen LogP contribution in [0.5, 0.6) is 11.5 Å². The maximum atomic E-state index is 6.60. The molecule has 8 aromatic carbocycles. The van der Waals surface area contributed by atoms with Gasteiger partial charge in [-0.1, -0.05) is 103 Å². The van der Waals surface area contributed by atoms with Gasteiger partial charge in [0.1, 0.15) is 30.3 Å². The zero-order valence-electron chi connectivity index (χ0n) is 35.8. The Morgan fingerprint density at radius 1 is 0.462 bits per heavy atom. The van der Waals surface area contributed by atoms with Gasteiger partial charge in [-0.25, -0.2) is 4.98 Å². The molecule has 12 aromatic rings. The molecule has 0 saturated carbocycles. The second-order valence-corrected chi connectivity index (χ2v) is 16.9. The normalized spacial score (nSPS) is 12.9. The molecule has 0 N–H and O–H groups in total. The van der Waals surface area contributed by atoms with Gasteiger partial charge in [-0.15, -0.1) is 0 Å². The lowest BCUT2D eigenvalue weighted by Crippen LogP contribution is -2.23. The fourth-order valence-corrected chi connectivity index (χ4v) is 10.2. The molecule has 65 heavy (non-hydrogen) atoms. The van der Waals surface area contributed by atoms with Crippen molar-refractivity contribution in [2.45, 2.75) is 6.92 Å². The lowest BCUT2D eigenvalue weighted by atomic mass is 9.98. The fourth-order valence-electron chi connectivity index (χ4n) is 10.2. The number of rotatable bonds is 7. The number of aryl methyl sites for hydroxylation is 1. The van der Waals surface area contributed by atoms with Crippen LogP contribution in [0.3, 0.4) is 0 Å². The maximum Gasteiger partial charge on any atom is 0.137 e. The number of hydrazone groups is 1. The monoisotopic (exact) mass is 839 g/mol. The topological polar surface area (TPSA) is 55.8 Å². The number of anilines is 1. The molecule has 310 valence electrons. The van der Waals surface area contributed by atoms with Gasteiger partial charge in [-0.05, 0) is 85.3 Å². The predicted octanol–water partition coefficient (Wildman–Crippen LogP) is 13.8. The van der Waals surface area contributed by atoms with Gasteiger partial charge in [0.2, 0.25) is 0 Å². The zero-order valence-corrected chi connectivity index (χ0v) is 35.8. The van der Waals surface area contributed by atoms with Crippen molar-refractivity contribution in [1.82, 2.24) is 23.7 Å². The third-order valence-corrected chi connectivity index (χ3v) is 13.0. The first-order valence-corrected chi connectivity index (χ1v) is 22.0. The molecule has 0 bridgehead atoms. The van der Waals surface area contributed by atoms with Crippen molar-refractivity contribution in [2.75, 3.05) is 18.6 Å². The summed E-state index contributed by atoms with van der Waals surface area (Å²) in [5.41, 5.74) is 13.2. The Morgan fingerprint density at radius 3 is 1.48 bits per heavy atom. The smallest absolute Gasteiger partial charge is 0.137 e. The largest absolute Gasteiger partial charge is 0.457 e. The molecule has 0 aliphatic carbocycles. The molecule has 0 atom stereocenters. The van der Waals surface area contributed by atoms with Crippen molar-refractivity contribution >= 4 is 77.4 Å². The van der Waals surface area contributed by atoms with E-state index in [9.17, 15) is 0 Å². The molecule has 5 heterocycles. The van der Waals surface area contributed by atoms with E-state index in [1.165, 1.54) is 21.5 Å². The van der Waals surface area contributed by atoms with Gasteiger partial charge in [0.05, 0.1) is 44.5 Å². The van der Waals surface area contributed by atoms with E-state index in [2.05, 4.69) is 213 Å². The minimum Gasteiger partial charge on any atom is -0.457 e. The van der Waals surface area contributed by atoms with Crippen LogP contribution < -0.4 is 9.64 Å². The van der Waals surface area contributed by atoms with Gasteiger partial charge in [0.15, 0.2) is 0 Å². The van der Waals surface area contributed by atoms with Crippen LogP contribution in [0.2, 0.25) is 0 Å². The number of para-hydroxylation sites is 5. The Kier molecular flexibility index (Phi) is 8.23. The van der Waals surface area contributed by atoms with Crippen molar-refractivity contribution in [3.8, 4) is 39.8 Å². The standard InChI is InChI=1S/C57H41N7O/c1-37-31-56(64-52-26-12-7-21-45(52)46-30-29-40(33-55(46)64)65-39-16-13-15-38(32-39)61-35-59-60(2)36-61)58-34-47(37)57-53(62-48-22-8-3-17-41(48)42-18-4-9-23-49(42)62)27-14-28-54(57)63-50-24-10-5-19-43(50)44-20-6-11-25-51(44)63/h3-35H,36H2,1-2H3. The summed E-state index contributed by atoms with van der Waals surface area (Å²) in [6.07, 6.45) is 3.93. The summed E-state index contributed by atoms with van der Waals surface area (Å²) in [6, 6.07) is 67.0. The van der Waals surface area contributed by atoms with E-state index >= 15 is 0 Å². The maximum absolute atomic E-state index is 6.60. The Labute approximate surface area is 374 Å². The van der Waals surface area contributed by atoms with Crippen molar-refractivity contribution in [3.05, 3.63) is 200 Å². The molecule has 8 nitrogen and oxygen atoms in total. The second-order valence-electron chi connectivity index (χ2n) is 16.9. The highest BCUT2D eigenvalue weighted by Gasteiger charge is 2.24. The lowest BCUT2D eigenvalue weighted by molar-refractivity contribution is 0.393. The number of hydrogen-bond donors (Lipinski definition) is 0. The molecule has 0 spiro atoms. The molecule has 0 saturated heterocycles. The number of aromatic nitrogens is 4. The molecule has 13 rings (SSSR count). The molecule has 0 amide bonds. The molecule has 0 radical (unpaired) electrons. The van der Waals surface area contributed by atoms with E-state index in [0.717, 1.165) is 94.9 Å². The van der Waals surface area contributed by atoms with Gasteiger partial charge >= 0.3 is 0 Å². The summed E-state index contributed by atoms with van der Waals surface area (Å²) in [6.45, 7) is 2.91. The number of pyridine rings is 1. The van der Waals surface area contributed by atoms with Gasteiger partial charge in [-0.2, -0.15) is 5.10 Å². The lowest BCUT2D eigenvalue weighted by Gasteiger charge is -2.21. The van der Waals surface area contributed by atoms with E-state index in [-0.39, 0.29) is 0 Å². The van der Waals surface area contributed by atoms with Crippen molar-refractivity contribution in [2.24, 2.45) is 5.10 Å². The van der Waals surface area contributed by atoms with E-state index < -0.39 is 0 Å². The number of hydrogen-bond acceptors (Lipinski definition) is 5. The molecule has 0 unspecified atom stereocenters. The summed E-state index contributed by atoms with van der Waals surface area (Å²) >= 11 is 0. The van der Waals surface area contributed by atoms with Crippen molar-refractivity contribution in [1.29, 1.82) is 0 Å². The molecular formula is C57H41N7O. The highest BCUT2D eigenvalue weighted by atomic mass is 16.5. The molecule has 1 aliphatic rings. The van der Waals surface area contributed by atoms with Crippen LogP contribution in [0.15, 0.2) is 199 Å². The molecule has 4 aromatic heterocycles. The number of fused-ring (bicyclic) bond motifs is 9. The third-order valence-electron chi connectivity index (χ3n) is 13.0. The van der Waals surface area contributed by atoms with Crippen LogP contribution in [0.4, 0.5) is 5.69 Å². The Morgan fingerprint density at radius 2 is 0.954 bits per heavy atom. The van der Waals surface area contributed by atoms with Gasteiger partial charge in [0, 0.05) is 74.5 Å². The predicted molar refractivity (Wildman–Crippen MR) is 268 cm³/mol. The van der Waals surface area contributed by atoms with Crippen LogP contribution in [0, 0.1) is 6.92 Å². The van der Waals surface area contributed by atoms with Crippen molar-refractivity contribution in [3.63, 3.8) is 0 Å². The van der Waals surface area contributed by atoms with Gasteiger partial charge < -0.3 is 18.8 Å². The molecule has 8 heteroatoms. The summed E-state index contributed by atoms with van der Waals surface area (Å²) in [5.74, 6) is 2.34. The Balaban J connectivity index is 1.02. The van der Waals surface area contributed by atoms with E-state index in [1.54, 1.807) is 0 Å². The molecule has 1 aliphatic heterocycles. The minimum atomic E-state index is 0.688. The van der Waals surface area contributed by atoms with Crippen molar-refractivity contribution < 1.29 is 4.74 Å². The molecule has 0 fully saturated rings. The van der Waals surface area contributed by atoms with Crippen LogP contribution in [0.25, 0.3) is 93.7 Å². The third kappa shape index (κ3) is 5.77. The summed E-state index contributed by atoms with van der Waals surface area (Å²) < 4.78 is 13.7. The Hall–Kier alpha value is -8.62. The van der Waals surface area contributed by atoms with Gasteiger partial charge in [0.25, 0.3) is 0 Å². The Bertz CT molecular complexity index is 3670. The average Bonchev–Trinajstić information content (AvgIpc) is 4.11. The number of benzene rings is 8. The van der Waals surface area contributed by atoms with Crippen LogP contribution in [-0.2, 0) is 0 Å². The first-order valence-electron chi connectivity index (χ1n) is 22.0. The summed E-state index contributed by atoms with van der Waals surface area (Å²) in [5, 5.41) is 13.5. The average molecular weight is 840 g/mol. The van der Waals surface area contributed by atoms with E-state index in [4.69, 9.17) is 9.72 Å². The van der Waals surface area contributed by atoms with Crippen LogP contribution >= 0.6 is 0 Å². The first kappa shape index (κ1) is 37.0. The first-order chi connectivity index (χ1) is 32.1. The van der Waals surface area contributed by atoms with Crippen LogP contribution in [-0.4, -0.2) is 43.7 Å². The van der Waals surface area contributed by atoms with Crippen LogP contribution in [0.1, 0.15) is 5.56 Å². The number of ether oxygens (including phenoxy) is 1. The minimum absolute atomic E-state index is 0.688. The summed E-state index contributed by atoms with van der Waals surface area (Å²) in [7, 11) is 1.96. The quantitative estimate of drug-likeness (QED) is 0.160. The van der Waals surface area contributed by atoms with E-state index in [1.807, 2.05) is 30.5 Å². The second kappa shape index (κ2) is 14.5. The highest BCUT2D eigenvalue weighted by molar-refractivity contribution is 6.12. The number of nitrogens with zero attached hydrogens (tertiary/aromatic N) is 7. The molecular weight excluding hydrogens is 799 g/mol. The fraction of sp³-hybridized carbons (Fsp3) is 0.0526. The van der Waals surface area contributed by atoms with E-state index in [0.29, 0.717) is 6.67 Å². The zero-order chi connectivity index (χ0) is 43.2. The highest BCUT2D eigenvalue weighted by Crippen LogP contribution is 2.44. The SMILES string of the molecule is Cc1cc(-n2c3ccccc3c3ccc(Oc4cccc(N5C=NN(C)C5)c4)cc32)ncc1-c1c(-n2c3ccccc3c3ccccc32)cccc1-n1c2ccccc2c2ccccc21. The summed E-state index contributed by atoms with van der Waals surface area (Å²) in [4.78, 5) is 7.51. The van der Waals surface area contributed by atoms with Gasteiger partial charge in [-0.3, -0.25) is 9.58 Å².